The number of aryl methyl sites for hydroxylation is 2. The van der Waals surface area contributed by atoms with Crippen molar-refractivity contribution in [2.45, 2.75) is 38.8 Å². The number of nitrogens with zero attached hydrogens (tertiary/aromatic N) is 1. The van der Waals surface area contributed by atoms with Crippen molar-refractivity contribution < 1.29 is 13.2 Å². The minimum atomic E-state index is -4.29. The molecule has 3 rings (SSSR count). The van der Waals surface area contributed by atoms with Crippen LogP contribution in [0.5, 0.6) is 0 Å². The number of halogens is 3. The van der Waals surface area contributed by atoms with Crippen molar-refractivity contribution in [2.75, 3.05) is 0 Å². The maximum absolute atomic E-state index is 12.8. The Morgan fingerprint density at radius 3 is 2.48 bits per heavy atom. The first-order chi connectivity index (χ1) is 9.97. The second-order valence-corrected chi connectivity index (χ2v) is 5.52. The molecule has 1 heterocycles. The highest BCUT2D eigenvalue weighted by Gasteiger charge is 2.30. The Kier molecular flexibility index (Phi) is 3.47. The molecule has 1 aliphatic rings. The zero-order valence-corrected chi connectivity index (χ0v) is 11.8. The second-order valence-electron chi connectivity index (χ2n) is 5.52. The summed E-state index contributed by atoms with van der Waals surface area (Å²) >= 11 is 0. The zero-order chi connectivity index (χ0) is 15.0. The van der Waals surface area contributed by atoms with Gasteiger partial charge in [0.2, 0.25) is 0 Å². The molecule has 0 saturated carbocycles. The first kappa shape index (κ1) is 14.1. The third-order valence-corrected chi connectivity index (χ3v) is 4.08. The first-order valence-electron chi connectivity index (χ1n) is 7.12. The monoisotopic (exact) mass is 291 g/mol. The normalized spacial score (nSPS) is 14.9. The number of alkyl halides is 3. The van der Waals surface area contributed by atoms with Crippen LogP contribution < -0.4 is 0 Å². The summed E-state index contributed by atoms with van der Waals surface area (Å²) in [6, 6.07) is 5.89. The molecule has 0 radical (unpaired) electrons. The number of benzene rings is 1. The van der Waals surface area contributed by atoms with Crippen molar-refractivity contribution in [3.8, 4) is 11.1 Å². The highest BCUT2D eigenvalue weighted by atomic mass is 19.4. The van der Waals surface area contributed by atoms with Gasteiger partial charge in [0.05, 0.1) is 5.56 Å². The van der Waals surface area contributed by atoms with Crippen LogP contribution >= 0.6 is 0 Å². The molecule has 1 aromatic heterocycles. The maximum Gasteiger partial charge on any atom is 0.416 e. The van der Waals surface area contributed by atoms with Crippen molar-refractivity contribution in [3.05, 3.63) is 52.8 Å². The van der Waals surface area contributed by atoms with Crippen LogP contribution in [-0.2, 0) is 19.0 Å². The lowest BCUT2D eigenvalue weighted by atomic mass is 9.87. The fourth-order valence-electron chi connectivity index (χ4n) is 3.02. The van der Waals surface area contributed by atoms with Crippen molar-refractivity contribution in [1.29, 1.82) is 0 Å². The van der Waals surface area contributed by atoms with Gasteiger partial charge in [0, 0.05) is 11.9 Å². The average Bonchev–Trinajstić information content (AvgIpc) is 2.46. The third-order valence-electron chi connectivity index (χ3n) is 4.08. The van der Waals surface area contributed by atoms with E-state index >= 15 is 0 Å². The topological polar surface area (TPSA) is 12.9 Å². The molecule has 0 aliphatic heterocycles. The van der Waals surface area contributed by atoms with Gasteiger partial charge in [0.15, 0.2) is 0 Å². The van der Waals surface area contributed by atoms with E-state index in [2.05, 4.69) is 4.98 Å². The minimum Gasteiger partial charge on any atom is -0.261 e. The number of fused-ring (bicyclic) bond motifs is 1. The highest BCUT2D eigenvalue weighted by Crippen LogP contribution is 2.36. The lowest BCUT2D eigenvalue weighted by molar-refractivity contribution is -0.137. The molecule has 0 amide bonds. The van der Waals surface area contributed by atoms with Crippen LogP contribution in [0.3, 0.4) is 0 Å². The summed E-state index contributed by atoms with van der Waals surface area (Å²) in [5, 5.41) is 0. The van der Waals surface area contributed by atoms with E-state index in [9.17, 15) is 13.2 Å². The fourth-order valence-corrected chi connectivity index (χ4v) is 3.02. The Morgan fingerprint density at radius 1 is 1.00 bits per heavy atom. The van der Waals surface area contributed by atoms with Gasteiger partial charge in [-0.15, -0.1) is 0 Å². The Bertz CT molecular complexity index is 674. The van der Waals surface area contributed by atoms with Crippen LogP contribution in [0.4, 0.5) is 13.2 Å². The predicted molar refractivity (Wildman–Crippen MR) is 76.1 cm³/mol. The molecule has 0 atom stereocenters. The van der Waals surface area contributed by atoms with Crippen molar-refractivity contribution in [2.24, 2.45) is 0 Å². The van der Waals surface area contributed by atoms with Crippen molar-refractivity contribution >= 4 is 0 Å². The van der Waals surface area contributed by atoms with Crippen LogP contribution in [0.1, 0.15) is 35.2 Å². The van der Waals surface area contributed by atoms with E-state index in [4.69, 9.17) is 0 Å². The number of hydrogen-bond acceptors (Lipinski definition) is 1. The van der Waals surface area contributed by atoms with Crippen LogP contribution in [0.2, 0.25) is 0 Å². The average molecular weight is 291 g/mol. The van der Waals surface area contributed by atoms with Gasteiger partial charge < -0.3 is 0 Å². The van der Waals surface area contributed by atoms with E-state index in [1.807, 2.05) is 6.07 Å². The fraction of sp³-hybridized carbons (Fsp3) is 0.353. The molecule has 1 nitrogen and oxygen atoms in total. The van der Waals surface area contributed by atoms with Crippen molar-refractivity contribution in [3.63, 3.8) is 0 Å². The number of hydrogen-bond donors (Lipinski definition) is 0. The van der Waals surface area contributed by atoms with Gasteiger partial charge >= 0.3 is 6.18 Å². The van der Waals surface area contributed by atoms with Gasteiger partial charge in [0.25, 0.3) is 0 Å². The molecular weight excluding hydrogens is 275 g/mol. The van der Waals surface area contributed by atoms with E-state index in [0.717, 1.165) is 48.6 Å². The van der Waals surface area contributed by atoms with E-state index < -0.39 is 11.7 Å². The summed E-state index contributed by atoms with van der Waals surface area (Å²) in [6.07, 6.45) is 1.64. The SMILES string of the molecule is Cc1cc(C(F)(F)F)ccc1-c1ccnc2c1CCCC2. The molecule has 1 aromatic carbocycles. The van der Waals surface area contributed by atoms with Gasteiger partial charge in [-0.3, -0.25) is 4.98 Å². The summed E-state index contributed by atoms with van der Waals surface area (Å²) in [5.74, 6) is 0. The van der Waals surface area contributed by atoms with Crippen LogP contribution in [-0.4, -0.2) is 4.98 Å². The molecule has 0 N–H and O–H groups in total. The summed E-state index contributed by atoms with van der Waals surface area (Å²) in [6.45, 7) is 1.74. The molecule has 110 valence electrons. The summed E-state index contributed by atoms with van der Waals surface area (Å²) in [5.41, 5.74) is 4.27. The van der Waals surface area contributed by atoms with Gasteiger partial charge in [-0.05, 0) is 73.1 Å². The molecule has 0 unspecified atom stereocenters. The Hall–Kier alpha value is -1.84. The Morgan fingerprint density at radius 2 is 1.76 bits per heavy atom. The quantitative estimate of drug-likeness (QED) is 0.724. The third kappa shape index (κ3) is 2.67. The molecule has 0 spiro atoms. The summed E-state index contributed by atoms with van der Waals surface area (Å²) < 4.78 is 38.3. The van der Waals surface area contributed by atoms with Crippen molar-refractivity contribution in [1.82, 2.24) is 4.98 Å². The van der Waals surface area contributed by atoms with Gasteiger partial charge in [-0.25, -0.2) is 0 Å². The number of aromatic nitrogens is 1. The minimum absolute atomic E-state index is 0.591. The van der Waals surface area contributed by atoms with E-state index in [1.54, 1.807) is 19.2 Å². The first-order valence-corrected chi connectivity index (χ1v) is 7.12. The smallest absolute Gasteiger partial charge is 0.261 e. The molecule has 21 heavy (non-hydrogen) atoms. The molecule has 4 heteroatoms. The standard InChI is InChI=1S/C17H16F3N/c1-11-10-12(17(18,19)20)6-7-13(11)14-8-9-21-16-5-3-2-4-15(14)16/h6-10H,2-5H2,1H3. The van der Waals surface area contributed by atoms with E-state index in [-0.39, 0.29) is 0 Å². The Balaban J connectivity index is 2.10. The number of rotatable bonds is 1. The molecule has 0 fully saturated rings. The van der Waals surface area contributed by atoms with Crippen LogP contribution in [0, 0.1) is 6.92 Å². The predicted octanol–water partition coefficient (Wildman–Crippen LogP) is 4.95. The zero-order valence-electron chi connectivity index (χ0n) is 11.8. The summed E-state index contributed by atoms with van der Waals surface area (Å²) in [4.78, 5) is 4.41. The molecule has 0 saturated heterocycles. The largest absolute Gasteiger partial charge is 0.416 e. The lowest BCUT2D eigenvalue weighted by Crippen LogP contribution is -2.08. The maximum atomic E-state index is 12.8. The lowest BCUT2D eigenvalue weighted by Gasteiger charge is -2.20. The van der Waals surface area contributed by atoms with Gasteiger partial charge in [0.1, 0.15) is 0 Å². The Labute approximate surface area is 121 Å². The summed E-state index contributed by atoms with van der Waals surface area (Å²) in [7, 11) is 0. The highest BCUT2D eigenvalue weighted by molar-refractivity contribution is 5.71. The van der Waals surface area contributed by atoms with Crippen LogP contribution in [0.25, 0.3) is 11.1 Å². The molecule has 1 aliphatic carbocycles. The molecule has 0 bridgehead atoms. The number of pyridine rings is 1. The van der Waals surface area contributed by atoms with Gasteiger partial charge in [-0.1, -0.05) is 6.07 Å². The van der Waals surface area contributed by atoms with E-state index in [0.29, 0.717) is 5.56 Å². The molecular formula is C17H16F3N. The van der Waals surface area contributed by atoms with E-state index in [1.165, 1.54) is 11.6 Å². The van der Waals surface area contributed by atoms with Crippen LogP contribution in [0.15, 0.2) is 30.5 Å². The second kappa shape index (κ2) is 5.17. The van der Waals surface area contributed by atoms with Gasteiger partial charge in [-0.2, -0.15) is 13.2 Å². The molecule has 2 aromatic rings.